The van der Waals surface area contributed by atoms with Crippen molar-refractivity contribution >= 4 is 0 Å². The quantitative estimate of drug-likeness (QED) is 0.505. The molecule has 64 valence electrons. The average Bonchev–Trinajstić information content (AvgIpc) is 1.94. The molecule has 0 heterocycles. The van der Waals surface area contributed by atoms with Crippen LogP contribution in [0.15, 0.2) is 18.2 Å². The molecule has 0 aromatic heterocycles. The summed E-state index contributed by atoms with van der Waals surface area (Å²) in [5.74, 6) is -1.62. The fraction of sp³-hybridized carbons (Fsp3) is 0.143. The van der Waals surface area contributed by atoms with Crippen molar-refractivity contribution in [2.24, 2.45) is 0 Å². The molecule has 1 rings (SSSR count). The molecule has 12 heavy (non-hydrogen) atoms. The minimum atomic E-state index is -0.883. The first kappa shape index (κ1) is 8.58. The van der Waals surface area contributed by atoms with Crippen molar-refractivity contribution in [2.75, 3.05) is 0 Å². The van der Waals surface area contributed by atoms with Gasteiger partial charge in [-0.15, -0.1) is 0 Å². The summed E-state index contributed by atoms with van der Waals surface area (Å²) in [4.78, 5) is 9.28. The van der Waals surface area contributed by atoms with E-state index in [0.717, 1.165) is 12.1 Å². The maximum absolute atomic E-state index is 12.7. The Hall–Kier alpha value is -1.52. The van der Waals surface area contributed by atoms with E-state index in [1.54, 1.807) is 0 Å². The average molecular weight is 173 g/mol. The summed E-state index contributed by atoms with van der Waals surface area (Å²) < 4.78 is 24.9. The molecule has 5 heteroatoms. The van der Waals surface area contributed by atoms with E-state index in [-0.39, 0.29) is 5.56 Å². The number of benzene rings is 1. The molecule has 1 aromatic carbocycles. The third kappa shape index (κ3) is 1.98. The lowest BCUT2D eigenvalue weighted by molar-refractivity contribution is -0.497. The van der Waals surface area contributed by atoms with E-state index >= 15 is 0 Å². The predicted octanol–water partition coefficient (Wildman–Crippen LogP) is 1.74. The first-order valence-electron chi connectivity index (χ1n) is 3.15. The van der Waals surface area contributed by atoms with Gasteiger partial charge in [0.15, 0.2) is 0 Å². The highest BCUT2D eigenvalue weighted by Crippen LogP contribution is 2.09. The normalized spacial score (nSPS) is 9.83. The summed E-state index contributed by atoms with van der Waals surface area (Å²) in [5.41, 5.74) is -0.110. The molecule has 0 aliphatic heterocycles. The molecule has 0 amide bonds. The molecule has 1 aromatic rings. The predicted molar refractivity (Wildman–Crippen MR) is 37.1 cm³/mol. The summed E-state index contributed by atoms with van der Waals surface area (Å²) in [5, 5.41) is 9.95. The Morgan fingerprint density at radius 2 is 2.08 bits per heavy atom. The van der Waals surface area contributed by atoms with Crippen LogP contribution in [0.2, 0.25) is 0 Å². The van der Waals surface area contributed by atoms with Gasteiger partial charge in [-0.05, 0) is 12.1 Å². The van der Waals surface area contributed by atoms with Crippen LogP contribution in [0.3, 0.4) is 0 Å². The van der Waals surface area contributed by atoms with E-state index in [1.165, 1.54) is 0 Å². The summed E-state index contributed by atoms with van der Waals surface area (Å²) in [6.45, 7) is -0.619. The molecule has 0 atom stereocenters. The first-order valence-corrected chi connectivity index (χ1v) is 3.15. The van der Waals surface area contributed by atoms with Crippen LogP contribution in [-0.2, 0) is 6.54 Å². The number of nitrogens with zero attached hydrogens (tertiary/aromatic N) is 1. The first-order chi connectivity index (χ1) is 5.59. The highest BCUT2D eigenvalue weighted by Gasteiger charge is 2.08. The van der Waals surface area contributed by atoms with Crippen LogP contribution in [0.4, 0.5) is 8.78 Å². The standard InChI is InChI=1S/C7H5F2NO2/c8-6-2-1-5(4-10(11)12)7(9)3-6/h1-3H,4H2. The number of nitro groups is 1. The minimum Gasteiger partial charge on any atom is -0.264 e. The molecule has 0 unspecified atom stereocenters. The second-order valence-corrected chi connectivity index (χ2v) is 2.23. The molecule has 0 radical (unpaired) electrons. The SMILES string of the molecule is O=[N+]([O-])Cc1ccc(F)cc1F. The molecule has 0 aliphatic carbocycles. The number of hydrogen-bond acceptors (Lipinski definition) is 2. The topological polar surface area (TPSA) is 43.1 Å². The summed E-state index contributed by atoms with van der Waals surface area (Å²) in [7, 11) is 0. The van der Waals surface area contributed by atoms with Gasteiger partial charge in [-0.2, -0.15) is 0 Å². The Kier molecular flexibility index (Phi) is 2.32. The van der Waals surface area contributed by atoms with Gasteiger partial charge in [0.2, 0.25) is 6.54 Å². The number of hydrogen-bond donors (Lipinski definition) is 0. The Balaban J connectivity index is 2.93. The van der Waals surface area contributed by atoms with Crippen molar-refractivity contribution in [1.82, 2.24) is 0 Å². The lowest BCUT2D eigenvalue weighted by Crippen LogP contribution is -2.00. The van der Waals surface area contributed by atoms with Crippen LogP contribution < -0.4 is 0 Å². The van der Waals surface area contributed by atoms with Crippen molar-refractivity contribution in [3.05, 3.63) is 45.5 Å². The second-order valence-electron chi connectivity index (χ2n) is 2.23. The van der Waals surface area contributed by atoms with Gasteiger partial charge in [-0.1, -0.05) is 0 Å². The van der Waals surface area contributed by atoms with E-state index in [2.05, 4.69) is 0 Å². The van der Waals surface area contributed by atoms with Gasteiger partial charge in [-0.3, -0.25) is 10.1 Å². The number of rotatable bonds is 2. The molecule has 3 nitrogen and oxygen atoms in total. The van der Waals surface area contributed by atoms with E-state index < -0.39 is 23.1 Å². The zero-order valence-corrected chi connectivity index (χ0v) is 5.96. The second kappa shape index (κ2) is 3.25. The lowest BCUT2D eigenvalue weighted by Gasteiger charge is -1.96. The van der Waals surface area contributed by atoms with E-state index in [4.69, 9.17) is 0 Å². The summed E-state index contributed by atoms with van der Waals surface area (Å²) in [6.07, 6.45) is 0. The third-order valence-corrected chi connectivity index (χ3v) is 1.31. The van der Waals surface area contributed by atoms with Gasteiger partial charge >= 0.3 is 0 Å². The fourth-order valence-electron chi connectivity index (χ4n) is 0.789. The molecule has 0 saturated carbocycles. The molecule has 0 saturated heterocycles. The zero-order chi connectivity index (χ0) is 9.14. The van der Waals surface area contributed by atoms with Gasteiger partial charge in [0.05, 0.1) is 5.56 Å². The van der Waals surface area contributed by atoms with E-state index in [9.17, 15) is 18.9 Å². The van der Waals surface area contributed by atoms with Crippen molar-refractivity contribution in [2.45, 2.75) is 6.54 Å². The van der Waals surface area contributed by atoms with Gasteiger partial charge < -0.3 is 0 Å². The maximum Gasteiger partial charge on any atom is 0.231 e. The summed E-state index contributed by atoms with van der Waals surface area (Å²) >= 11 is 0. The molecular weight excluding hydrogens is 168 g/mol. The Morgan fingerprint density at radius 1 is 1.42 bits per heavy atom. The Labute approximate surface area is 66.8 Å². The highest BCUT2D eigenvalue weighted by molar-refractivity contribution is 5.17. The van der Waals surface area contributed by atoms with Crippen LogP contribution in [0.1, 0.15) is 5.56 Å². The van der Waals surface area contributed by atoms with Crippen LogP contribution in [-0.4, -0.2) is 4.92 Å². The van der Waals surface area contributed by atoms with Crippen molar-refractivity contribution in [3.8, 4) is 0 Å². The van der Waals surface area contributed by atoms with Crippen LogP contribution >= 0.6 is 0 Å². The molecule has 0 fully saturated rings. The van der Waals surface area contributed by atoms with E-state index in [0.29, 0.717) is 6.07 Å². The van der Waals surface area contributed by atoms with Crippen LogP contribution in [0, 0.1) is 21.7 Å². The van der Waals surface area contributed by atoms with Crippen molar-refractivity contribution < 1.29 is 13.7 Å². The Bertz CT molecular complexity index is 314. The summed E-state index contributed by atoms with van der Waals surface area (Å²) in [6, 6.07) is 2.67. The van der Waals surface area contributed by atoms with Crippen LogP contribution in [0.5, 0.6) is 0 Å². The molecule has 0 bridgehead atoms. The Morgan fingerprint density at radius 3 is 2.58 bits per heavy atom. The lowest BCUT2D eigenvalue weighted by atomic mass is 10.2. The molecular formula is C7H5F2NO2. The van der Waals surface area contributed by atoms with Gasteiger partial charge in [0.1, 0.15) is 11.6 Å². The minimum absolute atomic E-state index is 0.110. The molecule has 0 aliphatic rings. The smallest absolute Gasteiger partial charge is 0.231 e. The monoisotopic (exact) mass is 173 g/mol. The van der Waals surface area contributed by atoms with Gasteiger partial charge in [-0.25, -0.2) is 8.78 Å². The van der Waals surface area contributed by atoms with Crippen molar-refractivity contribution in [1.29, 1.82) is 0 Å². The highest BCUT2D eigenvalue weighted by atomic mass is 19.1. The van der Waals surface area contributed by atoms with Crippen molar-refractivity contribution in [3.63, 3.8) is 0 Å². The largest absolute Gasteiger partial charge is 0.264 e. The zero-order valence-electron chi connectivity index (χ0n) is 5.96. The third-order valence-electron chi connectivity index (χ3n) is 1.31. The van der Waals surface area contributed by atoms with E-state index in [1.807, 2.05) is 0 Å². The number of halogens is 2. The molecule has 0 N–H and O–H groups in total. The van der Waals surface area contributed by atoms with Gasteiger partial charge in [0, 0.05) is 11.0 Å². The molecule has 0 spiro atoms. The fourth-order valence-corrected chi connectivity index (χ4v) is 0.789. The van der Waals surface area contributed by atoms with Crippen LogP contribution in [0.25, 0.3) is 0 Å². The maximum atomic E-state index is 12.7. The van der Waals surface area contributed by atoms with Gasteiger partial charge in [0.25, 0.3) is 0 Å².